The maximum Gasteiger partial charge on any atom is 0.332 e. The Morgan fingerprint density at radius 2 is 1.83 bits per heavy atom. The summed E-state index contributed by atoms with van der Waals surface area (Å²) >= 11 is 6.26. The van der Waals surface area contributed by atoms with E-state index >= 15 is 0 Å². The molecule has 0 bridgehead atoms. The van der Waals surface area contributed by atoms with Gasteiger partial charge in [-0.3, -0.25) is 18.5 Å². The maximum atomic E-state index is 14.5. The van der Waals surface area contributed by atoms with E-state index in [1.807, 2.05) is 0 Å². The van der Waals surface area contributed by atoms with Crippen molar-refractivity contribution in [2.45, 2.75) is 51.1 Å². The fourth-order valence-corrected chi connectivity index (χ4v) is 4.38. The van der Waals surface area contributed by atoms with E-state index in [2.05, 4.69) is 10.3 Å². The number of benzene rings is 1. The molecule has 0 aliphatic heterocycles. The molecule has 0 atom stereocenters. The van der Waals surface area contributed by atoms with E-state index in [1.165, 1.54) is 30.5 Å². The molecule has 30 heavy (non-hydrogen) atoms. The van der Waals surface area contributed by atoms with Gasteiger partial charge in [0.1, 0.15) is 5.82 Å². The van der Waals surface area contributed by atoms with E-state index in [9.17, 15) is 14.0 Å². The third-order valence-electron chi connectivity index (χ3n) is 5.91. The highest BCUT2D eigenvalue weighted by molar-refractivity contribution is 6.31. The van der Waals surface area contributed by atoms with E-state index in [0.717, 1.165) is 30.3 Å². The van der Waals surface area contributed by atoms with Crippen molar-refractivity contribution in [3.8, 4) is 0 Å². The zero-order chi connectivity index (χ0) is 21.4. The van der Waals surface area contributed by atoms with Crippen LogP contribution < -0.4 is 16.6 Å². The molecule has 0 spiro atoms. The molecule has 0 unspecified atom stereocenters. The molecular weight excluding hydrogens is 409 g/mol. The van der Waals surface area contributed by atoms with Crippen LogP contribution in [0.5, 0.6) is 0 Å². The van der Waals surface area contributed by atoms with Crippen molar-refractivity contribution < 1.29 is 4.39 Å². The number of hydrogen-bond donors (Lipinski definition) is 1. The number of halogens is 2. The van der Waals surface area contributed by atoms with E-state index in [1.54, 1.807) is 23.7 Å². The molecule has 0 radical (unpaired) electrons. The van der Waals surface area contributed by atoms with Gasteiger partial charge in [-0.2, -0.15) is 4.98 Å². The van der Waals surface area contributed by atoms with Gasteiger partial charge in [0, 0.05) is 30.7 Å². The van der Waals surface area contributed by atoms with Crippen LogP contribution in [-0.4, -0.2) is 24.7 Å². The highest BCUT2D eigenvalue weighted by Gasteiger charge is 2.23. The largest absolute Gasteiger partial charge is 0.353 e. The summed E-state index contributed by atoms with van der Waals surface area (Å²) in [6, 6.07) is 4.71. The molecule has 4 rings (SSSR count). The predicted molar refractivity (Wildman–Crippen MR) is 116 cm³/mol. The minimum absolute atomic E-state index is 0.0322. The van der Waals surface area contributed by atoms with Gasteiger partial charge in [0.2, 0.25) is 5.95 Å². The molecule has 2 heterocycles. The van der Waals surface area contributed by atoms with Crippen LogP contribution in [0, 0.1) is 5.82 Å². The van der Waals surface area contributed by atoms with Gasteiger partial charge in [-0.25, -0.2) is 9.18 Å². The maximum absolute atomic E-state index is 14.5. The summed E-state index contributed by atoms with van der Waals surface area (Å²) < 4.78 is 18.6. The summed E-state index contributed by atoms with van der Waals surface area (Å²) in [4.78, 5) is 30.0. The Bertz CT molecular complexity index is 1180. The van der Waals surface area contributed by atoms with Crippen molar-refractivity contribution in [2.75, 3.05) is 5.32 Å². The lowest BCUT2D eigenvalue weighted by Gasteiger charge is -2.18. The first-order chi connectivity index (χ1) is 14.4. The normalized spacial score (nSPS) is 15.5. The Morgan fingerprint density at radius 1 is 1.13 bits per heavy atom. The SMILES string of the molecule is Cn1c(=O)c2c(nc(NC3CCCCCC3)n2Cc2c(F)cccc2Cl)n(C)c1=O. The van der Waals surface area contributed by atoms with Crippen LogP contribution in [0.15, 0.2) is 27.8 Å². The van der Waals surface area contributed by atoms with Crippen LogP contribution in [0.3, 0.4) is 0 Å². The highest BCUT2D eigenvalue weighted by Crippen LogP contribution is 2.26. The summed E-state index contributed by atoms with van der Waals surface area (Å²) in [6.45, 7) is 0.0322. The van der Waals surface area contributed by atoms with Crippen molar-refractivity contribution in [1.82, 2.24) is 18.7 Å². The van der Waals surface area contributed by atoms with Gasteiger partial charge in [-0.1, -0.05) is 43.4 Å². The van der Waals surface area contributed by atoms with E-state index < -0.39 is 17.1 Å². The van der Waals surface area contributed by atoms with E-state index in [0.29, 0.717) is 5.95 Å². The lowest BCUT2D eigenvalue weighted by molar-refractivity contribution is 0.593. The summed E-state index contributed by atoms with van der Waals surface area (Å²) in [5, 5.41) is 3.73. The molecular formula is C21H25ClFN5O2. The van der Waals surface area contributed by atoms with Gasteiger partial charge < -0.3 is 5.32 Å². The summed E-state index contributed by atoms with van der Waals surface area (Å²) in [6.07, 6.45) is 6.65. The zero-order valence-corrected chi connectivity index (χ0v) is 17.9. The first-order valence-electron chi connectivity index (χ1n) is 10.2. The molecule has 1 aromatic carbocycles. The number of hydrogen-bond acceptors (Lipinski definition) is 4. The molecule has 7 nitrogen and oxygen atoms in total. The molecule has 1 aliphatic carbocycles. The topological polar surface area (TPSA) is 73.8 Å². The van der Waals surface area contributed by atoms with Gasteiger partial charge in [-0.15, -0.1) is 0 Å². The number of aromatic nitrogens is 4. The Hall–Kier alpha value is -2.61. The first kappa shape index (κ1) is 20.7. The lowest BCUT2D eigenvalue weighted by atomic mass is 10.1. The van der Waals surface area contributed by atoms with Crippen LogP contribution in [0.2, 0.25) is 5.02 Å². The third-order valence-corrected chi connectivity index (χ3v) is 6.27. The minimum Gasteiger partial charge on any atom is -0.353 e. The van der Waals surface area contributed by atoms with E-state index in [4.69, 9.17) is 11.6 Å². The fraction of sp³-hybridized carbons (Fsp3) is 0.476. The Kier molecular flexibility index (Phi) is 5.69. The highest BCUT2D eigenvalue weighted by atomic mass is 35.5. The number of aryl methyl sites for hydroxylation is 1. The van der Waals surface area contributed by atoms with E-state index in [-0.39, 0.29) is 34.3 Å². The second kappa shape index (κ2) is 8.26. The van der Waals surface area contributed by atoms with Crippen LogP contribution in [0.4, 0.5) is 10.3 Å². The molecule has 1 N–H and O–H groups in total. The molecule has 1 aliphatic rings. The van der Waals surface area contributed by atoms with Crippen LogP contribution >= 0.6 is 11.6 Å². The number of rotatable bonds is 4. The number of anilines is 1. The molecule has 1 fully saturated rings. The summed E-state index contributed by atoms with van der Waals surface area (Å²) in [5.41, 5.74) is -0.135. The molecule has 9 heteroatoms. The molecule has 3 aromatic rings. The van der Waals surface area contributed by atoms with Gasteiger partial charge in [-0.05, 0) is 25.0 Å². The first-order valence-corrected chi connectivity index (χ1v) is 10.6. The van der Waals surface area contributed by atoms with Gasteiger partial charge in [0.15, 0.2) is 11.2 Å². The second-order valence-corrected chi connectivity index (χ2v) is 8.34. The Balaban J connectivity index is 1.90. The zero-order valence-electron chi connectivity index (χ0n) is 17.1. The van der Waals surface area contributed by atoms with Crippen molar-refractivity contribution >= 4 is 28.7 Å². The summed E-state index contributed by atoms with van der Waals surface area (Å²) in [7, 11) is 3.00. The lowest BCUT2D eigenvalue weighted by Crippen LogP contribution is -2.37. The molecule has 0 saturated heterocycles. The van der Waals surface area contributed by atoms with Crippen LogP contribution in [0.25, 0.3) is 11.2 Å². The van der Waals surface area contributed by atoms with Crippen molar-refractivity contribution in [3.05, 3.63) is 55.4 Å². The van der Waals surface area contributed by atoms with Crippen molar-refractivity contribution in [1.29, 1.82) is 0 Å². The number of nitrogens with zero attached hydrogens (tertiary/aromatic N) is 4. The molecule has 2 aromatic heterocycles. The van der Waals surface area contributed by atoms with Crippen LogP contribution in [0.1, 0.15) is 44.1 Å². The molecule has 0 amide bonds. The standard InChI is InChI=1S/C21H25ClFN5O2/c1-26-18-17(19(29)27(2)21(26)30)28(12-14-15(22)10-7-11-16(14)23)20(25-18)24-13-8-5-3-4-6-9-13/h7,10-11,13H,3-6,8-9,12H2,1-2H3,(H,24,25). The number of nitrogens with one attached hydrogen (secondary N) is 1. The monoisotopic (exact) mass is 433 g/mol. The molecule has 160 valence electrons. The summed E-state index contributed by atoms with van der Waals surface area (Å²) in [5.74, 6) is 0.000861. The minimum atomic E-state index is -0.470. The third kappa shape index (κ3) is 3.64. The van der Waals surface area contributed by atoms with Crippen molar-refractivity contribution in [2.24, 2.45) is 14.1 Å². The van der Waals surface area contributed by atoms with Gasteiger partial charge in [0.05, 0.1) is 6.54 Å². The fourth-order valence-electron chi connectivity index (χ4n) is 4.16. The predicted octanol–water partition coefficient (Wildman–Crippen LogP) is 3.41. The van der Waals surface area contributed by atoms with Gasteiger partial charge in [0.25, 0.3) is 5.56 Å². The second-order valence-electron chi connectivity index (χ2n) is 7.93. The quantitative estimate of drug-likeness (QED) is 0.640. The molecule has 1 saturated carbocycles. The average molecular weight is 434 g/mol. The van der Waals surface area contributed by atoms with Gasteiger partial charge >= 0.3 is 5.69 Å². The number of imidazole rings is 1. The van der Waals surface area contributed by atoms with Crippen LogP contribution in [-0.2, 0) is 20.6 Å². The Labute approximate surface area is 178 Å². The average Bonchev–Trinajstić information content (AvgIpc) is 2.88. The van der Waals surface area contributed by atoms with Crippen molar-refractivity contribution in [3.63, 3.8) is 0 Å². The number of fused-ring (bicyclic) bond motifs is 1. The smallest absolute Gasteiger partial charge is 0.332 e. The Morgan fingerprint density at radius 3 is 2.50 bits per heavy atom.